The smallest absolute Gasteiger partial charge is 0.209 e. The molecule has 0 aliphatic rings. The Kier molecular flexibility index (Phi) is 4.04. The van der Waals surface area contributed by atoms with Crippen molar-refractivity contribution in [3.8, 4) is 0 Å². The molecule has 0 amide bonds. The zero-order chi connectivity index (χ0) is 15.0. The quantitative estimate of drug-likeness (QED) is 0.889. The Morgan fingerprint density at radius 1 is 1.35 bits per heavy atom. The molecule has 110 valence electrons. The number of fused-ring (bicyclic) bond motifs is 1. The average molecular weight is 313 g/mol. The minimum absolute atomic E-state index is 0.471. The molecule has 0 atom stereocenters. The van der Waals surface area contributed by atoms with Gasteiger partial charge < -0.3 is 5.32 Å². The first kappa shape index (κ1) is 15.2. The van der Waals surface area contributed by atoms with Gasteiger partial charge in [0.2, 0.25) is 10.0 Å². The number of aromatic nitrogens is 1. The number of thiazole rings is 1. The summed E-state index contributed by atoms with van der Waals surface area (Å²) in [6.07, 6.45) is 1.16. The van der Waals surface area contributed by atoms with Crippen LogP contribution in [-0.2, 0) is 10.0 Å². The van der Waals surface area contributed by atoms with Gasteiger partial charge in [0.15, 0.2) is 5.13 Å². The van der Waals surface area contributed by atoms with Gasteiger partial charge in [-0.15, -0.1) is 0 Å². The molecule has 0 aliphatic heterocycles. The van der Waals surface area contributed by atoms with Gasteiger partial charge in [0.1, 0.15) is 0 Å². The first-order chi connectivity index (χ1) is 9.15. The van der Waals surface area contributed by atoms with Gasteiger partial charge in [0.25, 0.3) is 0 Å². The van der Waals surface area contributed by atoms with Gasteiger partial charge in [-0.3, -0.25) is 0 Å². The van der Waals surface area contributed by atoms with E-state index in [4.69, 9.17) is 0 Å². The molecule has 0 fully saturated rings. The SMILES string of the molecule is Cc1ccc2nc(NCC(C)(C)NS(C)(=O)=O)sc2c1. The summed E-state index contributed by atoms with van der Waals surface area (Å²) in [4.78, 5) is 4.48. The van der Waals surface area contributed by atoms with Crippen LogP contribution in [0.3, 0.4) is 0 Å². The minimum atomic E-state index is -3.22. The number of nitrogens with one attached hydrogen (secondary N) is 2. The molecule has 20 heavy (non-hydrogen) atoms. The van der Waals surface area contributed by atoms with E-state index in [1.54, 1.807) is 11.3 Å². The third-order valence-electron chi connectivity index (χ3n) is 2.69. The molecular weight excluding hydrogens is 294 g/mol. The molecule has 5 nitrogen and oxygen atoms in total. The van der Waals surface area contributed by atoms with Gasteiger partial charge in [-0.25, -0.2) is 18.1 Å². The van der Waals surface area contributed by atoms with Gasteiger partial charge >= 0.3 is 0 Å². The lowest BCUT2D eigenvalue weighted by Crippen LogP contribution is -2.47. The number of aryl methyl sites for hydroxylation is 1. The highest BCUT2D eigenvalue weighted by Gasteiger charge is 2.22. The lowest BCUT2D eigenvalue weighted by Gasteiger charge is -2.25. The van der Waals surface area contributed by atoms with Crippen LogP contribution >= 0.6 is 11.3 Å². The molecule has 0 saturated carbocycles. The second-order valence-electron chi connectivity index (χ2n) is 5.60. The number of rotatable bonds is 5. The van der Waals surface area contributed by atoms with Gasteiger partial charge in [0, 0.05) is 12.1 Å². The van der Waals surface area contributed by atoms with Crippen molar-refractivity contribution in [1.29, 1.82) is 0 Å². The average Bonchev–Trinajstić information content (AvgIpc) is 2.65. The van der Waals surface area contributed by atoms with E-state index in [1.165, 1.54) is 5.56 Å². The fourth-order valence-electron chi connectivity index (χ4n) is 1.94. The molecule has 0 saturated heterocycles. The number of nitrogens with zero attached hydrogens (tertiary/aromatic N) is 1. The summed E-state index contributed by atoms with van der Waals surface area (Å²) in [6.45, 7) is 6.18. The molecule has 1 aromatic heterocycles. The van der Waals surface area contributed by atoms with Crippen molar-refractivity contribution in [1.82, 2.24) is 9.71 Å². The zero-order valence-corrected chi connectivity index (χ0v) is 13.7. The Morgan fingerprint density at radius 2 is 2.05 bits per heavy atom. The molecule has 0 radical (unpaired) electrons. The monoisotopic (exact) mass is 313 g/mol. The van der Waals surface area contributed by atoms with Gasteiger partial charge in [0.05, 0.1) is 16.5 Å². The van der Waals surface area contributed by atoms with E-state index in [-0.39, 0.29) is 0 Å². The molecule has 0 unspecified atom stereocenters. The maximum absolute atomic E-state index is 11.3. The summed E-state index contributed by atoms with van der Waals surface area (Å²) in [5.41, 5.74) is 1.59. The summed E-state index contributed by atoms with van der Waals surface area (Å²) >= 11 is 1.57. The van der Waals surface area contributed by atoms with Crippen LogP contribution in [0.5, 0.6) is 0 Å². The summed E-state index contributed by atoms with van der Waals surface area (Å²) in [5.74, 6) is 0. The predicted molar refractivity (Wildman–Crippen MR) is 84.9 cm³/mol. The number of hydrogen-bond donors (Lipinski definition) is 2. The number of hydrogen-bond acceptors (Lipinski definition) is 5. The van der Waals surface area contributed by atoms with Gasteiger partial charge in [-0.1, -0.05) is 17.4 Å². The van der Waals surface area contributed by atoms with Crippen LogP contribution in [0.1, 0.15) is 19.4 Å². The summed E-state index contributed by atoms with van der Waals surface area (Å²) in [7, 11) is -3.22. The zero-order valence-electron chi connectivity index (χ0n) is 12.0. The first-order valence-electron chi connectivity index (χ1n) is 6.25. The first-order valence-corrected chi connectivity index (χ1v) is 8.95. The molecule has 0 bridgehead atoms. The third-order valence-corrected chi connectivity index (χ3v) is 4.59. The van der Waals surface area contributed by atoms with Crippen molar-refractivity contribution in [2.45, 2.75) is 26.3 Å². The van der Waals surface area contributed by atoms with E-state index < -0.39 is 15.6 Å². The molecule has 1 aromatic carbocycles. The van der Waals surface area contributed by atoms with E-state index in [1.807, 2.05) is 32.9 Å². The van der Waals surface area contributed by atoms with Crippen LogP contribution in [0, 0.1) is 6.92 Å². The van der Waals surface area contributed by atoms with Crippen LogP contribution in [0.25, 0.3) is 10.2 Å². The van der Waals surface area contributed by atoms with Crippen molar-refractivity contribution in [2.24, 2.45) is 0 Å². The Bertz CT molecular complexity index is 720. The largest absolute Gasteiger partial charge is 0.360 e. The van der Waals surface area contributed by atoms with Crippen molar-refractivity contribution in [3.63, 3.8) is 0 Å². The van der Waals surface area contributed by atoms with Crippen LogP contribution < -0.4 is 10.0 Å². The maximum atomic E-state index is 11.3. The summed E-state index contributed by atoms with van der Waals surface area (Å²) in [5, 5.41) is 4.00. The van der Waals surface area contributed by atoms with E-state index in [2.05, 4.69) is 21.1 Å². The standard InChI is InChI=1S/C13H19N3O2S2/c1-9-5-6-10-11(7-9)19-12(15-10)14-8-13(2,3)16-20(4,17)18/h5-7,16H,8H2,1-4H3,(H,14,15). The fraction of sp³-hybridized carbons (Fsp3) is 0.462. The number of anilines is 1. The highest BCUT2D eigenvalue weighted by molar-refractivity contribution is 7.88. The molecule has 0 aliphatic carbocycles. The van der Waals surface area contributed by atoms with Crippen molar-refractivity contribution < 1.29 is 8.42 Å². The normalized spacial score (nSPS) is 12.8. The lowest BCUT2D eigenvalue weighted by atomic mass is 10.1. The Balaban J connectivity index is 2.09. The lowest BCUT2D eigenvalue weighted by molar-refractivity contribution is 0.476. The molecule has 1 heterocycles. The Morgan fingerprint density at radius 3 is 2.70 bits per heavy atom. The second kappa shape index (κ2) is 5.31. The Labute approximate surface area is 123 Å². The highest BCUT2D eigenvalue weighted by Crippen LogP contribution is 2.26. The molecule has 2 N–H and O–H groups in total. The third kappa shape index (κ3) is 4.16. The van der Waals surface area contributed by atoms with Crippen molar-refractivity contribution in [3.05, 3.63) is 23.8 Å². The van der Waals surface area contributed by atoms with E-state index >= 15 is 0 Å². The van der Waals surface area contributed by atoms with Gasteiger partial charge in [-0.05, 0) is 38.5 Å². The number of sulfonamides is 1. The van der Waals surface area contributed by atoms with E-state index in [0.717, 1.165) is 21.6 Å². The van der Waals surface area contributed by atoms with Crippen molar-refractivity contribution >= 4 is 36.7 Å². The Hall–Kier alpha value is -1.18. The fourth-order valence-corrected chi connectivity index (χ4v) is 3.98. The molecular formula is C13H19N3O2S2. The molecule has 0 spiro atoms. The van der Waals surface area contributed by atoms with Crippen LogP contribution in [0.2, 0.25) is 0 Å². The highest BCUT2D eigenvalue weighted by atomic mass is 32.2. The van der Waals surface area contributed by atoms with Crippen LogP contribution in [0.4, 0.5) is 5.13 Å². The minimum Gasteiger partial charge on any atom is -0.360 e. The molecule has 2 aromatic rings. The van der Waals surface area contributed by atoms with Crippen LogP contribution in [-0.4, -0.2) is 31.7 Å². The molecule has 2 rings (SSSR count). The number of benzene rings is 1. The predicted octanol–water partition coefficient (Wildman–Crippen LogP) is 2.34. The summed E-state index contributed by atoms with van der Waals surface area (Å²) in [6, 6.07) is 6.12. The summed E-state index contributed by atoms with van der Waals surface area (Å²) < 4.78 is 26.3. The van der Waals surface area contributed by atoms with Crippen molar-refractivity contribution in [2.75, 3.05) is 18.1 Å². The van der Waals surface area contributed by atoms with Gasteiger partial charge in [-0.2, -0.15) is 0 Å². The maximum Gasteiger partial charge on any atom is 0.209 e. The van der Waals surface area contributed by atoms with E-state index in [9.17, 15) is 8.42 Å². The van der Waals surface area contributed by atoms with Crippen LogP contribution in [0.15, 0.2) is 18.2 Å². The molecule has 7 heteroatoms. The topological polar surface area (TPSA) is 71.1 Å². The van der Waals surface area contributed by atoms with E-state index in [0.29, 0.717) is 6.54 Å². The second-order valence-corrected chi connectivity index (χ2v) is 8.38.